The number of likely N-dealkylation sites (tertiary alicyclic amines) is 1. The lowest BCUT2D eigenvalue weighted by molar-refractivity contribution is 0.161. The molecule has 2 N–H and O–H groups in total. The van der Waals surface area contributed by atoms with E-state index < -0.39 is 0 Å². The van der Waals surface area contributed by atoms with Crippen LogP contribution in [0.15, 0.2) is 42.5 Å². The molecule has 1 saturated heterocycles. The van der Waals surface area contributed by atoms with Gasteiger partial charge in [-0.3, -0.25) is 0 Å². The Morgan fingerprint density at radius 3 is 2.59 bits per heavy atom. The first-order chi connectivity index (χ1) is 15.4. The first-order valence-electron chi connectivity index (χ1n) is 11.2. The molecule has 32 heavy (non-hydrogen) atoms. The highest BCUT2D eigenvalue weighted by Gasteiger charge is 2.50. The molecule has 0 radical (unpaired) electrons. The van der Waals surface area contributed by atoms with Gasteiger partial charge in [0.15, 0.2) is 16.6 Å². The molecule has 4 rings (SSSR count). The van der Waals surface area contributed by atoms with E-state index in [9.17, 15) is 4.39 Å². The highest BCUT2D eigenvalue weighted by atomic mass is 32.1. The Kier molecular flexibility index (Phi) is 6.86. The predicted octanol–water partition coefficient (Wildman–Crippen LogP) is 4.00. The van der Waals surface area contributed by atoms with Gasteiger partial charge in [0.1, 0.15) is 5.82 Å². The van der Waals surface area contributed by atoms with E-state index in [-0.39, 0.29) is 11.2 Å². The molecule has 1 heterocycles. The molecular formula is C25H32FN3O2S. The van der Waals surface area contributed by atoms with Crippen LogP contribution in [-0.2, 0) is 12.0 Å². The van der Waals surface area contributed by atoms with Crippen molar-refractivity contribution in [3.8, 4) is 11.5 Å². The summed E-state index contributed by atoms with van der Waals surface area (Å²) in [5.74, 6) is 1.33. The number of halogens is 1. The zero-order valence-electron chi connectivity index (χ0n) is 19.0. The summed E-state index contributed by atoms with van der Waals surface area (Å²) in [6.45, 7) is 1.66. The third-order valence-electron chi connectivity index (χ3n) is 7.19. The lowest BCUT2D eigenvalue weighted by Crippen LogP contribution is -2.53. The Morgan fingerprint density at radius 2 is 1.88 bits per heavy atom. The summed E-state index contributed by atoms with van der Waals surface area (Å²) < 4.78 is 24.1. The third kappa shape index (κ3) is 4.55. The average molecular weight is 458 g/mol. The Labute approximate surface area is 195 Å². The Hall–Kier alpha value is -2.38. The van der Waals surface area contributed by atoms with E-state index in [1.165, 1.54) is 17.7 Å². The molecule has 0 spiro atoms. The van der Waals surface area contributed by atoms with Crippen LogP contribution in [0.25, 0.3) is 0 Å². The third-order valence-corrected chi connectivity index (χ3v) is 7.45. The van der Waals surface area contributed by atoms with Crippen molar-refractivity contribution >= 4 is 17.3 Å². The monoisotopic (exact) mass is 457 g/mol. The van der Waals surface area contributed by atoms with E-state index >= 15 is 0 Å². The maximum absolute atomic E-state index is 13.1. The smallest absolute Gasteiger partial charge is 0.166 e. The van der Waals surface area contributed by atoms with Crippen molar-refractivity contribution in [1.82, 2.24) is 15.5 Å². The largest absolute Gasteiger partial charge is 0.493 e. The van der Waals surface area contributed by atoms with Gasteiger partial charge < -0.3 is 25.0 Å². The fourth-order valence-electron chi connectivity index (χ4n) is 5.42. The van der Waals surface area contributed by atoms with Gasteiger partial charge in [-0.05, 0) is 86.9 Å². The number of likely N-dealkylation sites (N-methyl/N-ethyl adjacent to an activating group) is 1. The van der Waals surface area contributed by atoms with Crippen molar-refractivity contribution in [1.29, 1.82) is 0 Å². The van der Waals surface area contributed by atoms with Gasteiger partial charge in [-0.15, -0.1) is 0 Å². The summed E-state index contributed by atoms with van der Waals surface area (Å²) in [6.07, 6.45) is 4.32. The van der Waals surface area contributed by atoms with Gasteiger partial charge in [0.2, 0.25) is 0 Å². The topological polar surface area (TPSA) is 45.8 Å². The van der Waals surface area contributed by atoms with E-state index in [0.717, 1.165) is 49.3 Å². The second-order valence-corrected chi connectivity index (χ2v) is 9.31. The van der Waals surface area contributed by atoms with Crippen LogP contribution in [0.5, 0.6) is 11.5 Å². The minimum Gasteiger partial charge on any atom is -0.493 e. The maximum Gasteiger partial charge on any atom is 0.166 e. The van der Waals surface area contributed by atoms with Crippen molar-refractivity contribution in [2.75, 3.05) is 27.8 Å². The van der Waals surface area contributed by atoms with Crippen LogP contribution in [-0.4, -0.2) is 49.9 Å². The van der Waals surface area contributed by atoms with Crippen LogP contribution in [0.3, 0.4) is 0 Å². The van der Waals surface area contributed by atoms with Crippen molar-refractivity contribution < 1.29 is 13.9 Å². The maximum atomic E-state index is 13.1. The molecular weight excluding hydrogens is 425 g/mol. The molecule has 3 atom stereocenters. The van der Waals surface area contributed by atoms with Crippen LogP contribution in [0.4, 0.5) is 4.39 Å². The summed E-state index contributed by atoms with van der Waals surface area (Å²) in [4.78, 5) is 2.49. The number of ether oxygens (including phenoxy) is 2. The molecule has 2 aromatic rings. The molecule has 0 unspecified atom stereocenters. The highest BCUT2D eigenvalue weighted by molar-refractivity contribution is 7.80. The van der Waals surface area contributed by atoms with Gasteiger partial charge in [0, 0.05) is 24.0 Å². The molecule has 7 heteroatoms. The average Bonchev–Trinajstić information content (AvgIpc) is 3.15. The summed E-state index contributed by atoms with van der Waals surface area (Å²) in [6, 6.07) is 13.6. The second-order valence-electron chi connectivity index (χ2n) is 8.90. The van der Waals surface area contributed by atoms with Gasteiger partial charge in [-0.2, -0.15) is 0 Å². The van der Waals surface area contributed by atoms with Crippen LogP contribution in [0.2, 0.25) is 0 Å². The highest BCUT2D eigenvalue weighted by Crippen LogP contribution is 2.49. The van der Waals surface area contributed by atoms with E-state index in [2.05, 4.69) is 34.7 Å². The second kappa shape index (κ2) is 9.63. The molecule has 0 amide bonds. The van der Waals surface area contributed by atoms with Crippen LogP contribution >= 0.6 is 12.2 Å². The van der Waals surface area contributed by atoms with E-state index in [1.54, 1.807) is 26.4 Å². The predicted molar refractivity (Wildman–Crippen MR) is 129 cm³/mol. The van der Waals surface area contributed by atoms with Crippen molar-refractivity contribution in [2.45, 2.75) is 49.7 Å². The molecule has 0 bridgehead atoms. The molecule has 172 valence electrons. The number of rotatable bonds is 6. The van der Waals surface area contributed by atoms with Crippen molar-refractivity contribution in [3.63, 3.8) is 0 Å². The number of hydrogen-bond acceptors (Lipinski definition) is 4. The van der Waals surface area contributed by atoms with Crippen LogP contribution < -0.4 is 20.1 Å². The lowest BCUT2D eigenvalue weighted by Gasteiger charge is -2.45. The Bertz CT molecular complexity index is 955. The first-order valence-corrected chi connectivity index (χ1v) is 11.6. The SMILES string of the molecule is COc1ccc([C@@]23CC[C@H](NC(=S)NCc4ccc(F)cc4)C[C@H]2N(C)CC3)cc1OC. The molecule has 1 aliphatic heterocycles. The zero-order valence-corrected chi connectivity index (χ0v) is 19.8. The lowest BCUT2D eigenvalue weighted by atomic mass is 9.65. The fourth-order valence-corrected chi connectivity index (χ4v) is 5.65. The van der Waals surface area contributed by atoms with Gasteiger partial charge in [0.25, 0.3) is 0 Å². The van der Waals surface area contributed by atoms with E-state index in [0.29, 0.717) is 23.7 Å². The summed E-state index contributed by atoms with van der Waals surface area (Å²) in [7, 11) is 5.59. The van der Waals surface area contributed by atoms with E-state index in [4.69, 9.17) is 21.7 Å². The number of thiocarbonyl (C=S) groups is 1. The van der Waals surface area contributed by atoms with E-state index in [1.807, 2.05) is 6.07 Å². The van der Waals surface area contributed by atoms with Crippen LogP contribution in [0, 0.1) is 5.82 Å². The zero-order chi connectivity index (χ0) is 22.7. The van der Waals surface area contributed by atoms with Crippen molar-refractivity contribution in [2.24, 2.45) is 0 Å². The molecule has 0 aromatic heterocycles. The fraction of sp³-hybridized carbons (Fsp3) is 0.480. The number of nitrogens with one attached hydrogen (secondary N) is 2. The van der Waals surface area contributed by atoms with Crippen molar-refractivity contribution in [3.05, 3.63) is 59.4 Å². The Morgan fingerprint density at radius 1 is 1.12 bits per heavy atom. The number of fused-ring (bicyclic) bond motifs is 1. The molecule has 5 nitrogen and oxygen atoms in total. The normalized spacial score (nSPS) is 25.1. The molecule has 2 fully saturated rings. The standard InChI is InChI=1S/C25H32FN3O2S/c1-29-13-12-25(18-6-9-21(30-2)22(14-18)31-3)11-10-20(15-23(25)29)28-24(32)27-16-17-4-7-19(26)8-5-17/h4-9,14,20,23H,10-13,15-16H2,1-3H3,(H2,27,28,32)/t20-,23+,25-/m0/s1. The Balaban J connectivity index is 1.42. The number of hydrogen-bond donors (Lipinski definition) is 2. The van der Waals surface area contributed by atoms with Gasteiger partial charge >= 0.3 is 0 Å². The number of nitrogens with zero attached hydrogens (tertiary/aromatic N) is 1. The summed E-state index contributed by atoms with van der Waals surface area (Å²) in [5.41, 5.74) is 2.46. The number of methoxy groups -OCH3 is 2. The minimum absolute atomic E-state index is 0.121. The molecule has 2 aliphatic rings. The summed E-state index contributed by atoms with van der Waals surface area (Å²) >= 11 is 5.55. The molecule has 2 aromatic carbocycles. The van der Waals surface area contributed by atoms with Gasteiger partial charge in [-0.25, -0.2) is 4.39 Å². The van der Waals surface area contributed by atoms with Crippen LogP contribution in [0.1, 0.15) is 36.8 Å². The quantitative estimate of drug-likeness (QED) is 0.640. The van der Waals surface area contributed by atoms with Gasteiger partial charge in [0.05, 0.1) is 14.2 Å². The molecule has 1 aliphatic carbocycles. The first kappa shape index (κ1) is 22.8. The molecule has 1 saturated carbocycles. The number of benzene rings is 2. The van der Waals surface area contributed by atoms with Gasteiger partial charge in [-0.1, -0.05) is 18.2 Å². The summed E-state index contributed by atoms with van der Waals surface area (Å²) in [5, 5.41) is 7.43. The minimum atomic E-state index is -0.227.